The summed E-state index contributed by atoms with van der Waals surface area (Å²) in [6.07, 6.45) is 5.38. The lowest BCUT2D eigenvalue weighted by atomic mass is 10.1. The van der Waals surface area contributed by atoms with Crippen LogP contribution in [0.15, 0.2) is 30.5 Å². The molecule has 0 spiro atoms. The van der Waals surface area contributed by atoms with E-state index in [2.05, 4.69) is 20.5 Å². The smallest absolute Gasteiger partial charge is 0.315 e. The van der Waals surface area contributed by atoms with Crippen LogP contribution in [0.5, 0.6) is 0 Å². The van der Waals surface area contributed by atoms with Crippen LogP contribution in [0.4, 0.5) is 15.0 Å². The zero-order valence-corrected chi connectivity index (χ0v) is 17.2. The van der Waals surface area contributed by atoms with Crippen LogP contribution < -0.4 is 15.5 Å². The summed E-state index contributed by atoms with van der Waals surface area (Å²) in [4.78, 5) is 18.9. The minimum atomic E-state index is -0.572. The largest absolute Gasteiger partial charge is 0.357 e. The lowest BCUT2D eigenvalue weighted by Crippen LogP contribution is -2.36. The van der Waals surface area contributed by atoms with Gasteiger partial charge >= 0.3 is 6.03 Å². The van der Waals surface area contributed by atoms with E-state index in [9.17, 15) is 9.18 Å². The molecule has 2 aromatic rings. The van der Waals surface area contributed by atoms with E-state index in [0.29, 0.717) is 17.1 Å². The molecule has 1 aromatic carbocycles. The molecule has 1 aliphatic rings. The number of hydrogen-bond donors (Lipinski definition) is 2. The zero-order chi connectivity index (χ0) is 20.1. The predicted molar refractivity (Wildman–Crippen MR) is 111 cm³/mol. The molecule has 1 aromatic heterocycles. The van der Waals surface area contributed by atoms with Crippen LogP contribution in [0.2, 0.25) is 10.0 Å². The van der Waals surface area contributed by atoms with Gasteiger partial charge in [0.1, 0.15) is 11.6 Å². The summed E-state index contributed by atoms with van der Waals surface area (Å²) in [5.74, 6) is 0.369. The molecule has 28 heavy (non-hydrogen) atoms. The lowest BCUT2D eigenvalue weighted by molar-refractivity contribution is 0.237. The molecule has 8 heteroatoms. The molecule has 0 aliphatic carbocycles. The fourth-order valence-electron chi connectivity index (χ4n) is 3.24. The van der Waals surface area contributed by atoms with Gasteiger partial charge in [0.15, 0.2) is 0 Å². The van der Waals surface area contributed by atoms with Gasteiger partial charge in [-0.3, -0.25) is 0 Å². The number of hydrogen-bond acceptors (Lipinski definition) is 3. The third-order valence-corrected chi connectivity index (χ3v) is 5.41. The van der Waals surface area contributed by atoms with Crippen molar-refractivity contribution in [1.82, 2.24) is 15.6 Å². The van der Waals surface area contributed by atoms with E-state index in [1.54, 1.807) is 13.1 Å². The van der Waals surface area contributed by atoms with Crippen molar-refractivity contribution in [3.05, 3.63) is 57.5 Å². The van der Waals surface area contributed by atoms with E-state index < -0.39 is 11.9 Å². The molecule has 1 saturated heterocycles. The van der Waals surface area contributed by atoms with Gasteiger partial charge in [-0.1, -0.05) is 23.2 Å². The topological polar surface area (TPSA) is 57.3 Å². The van der Waals surface area contributed by atoms with Crippen molar-refractivity contribution in [3.63, 3.8) is 0 Å². The molecule has 0 saturated carbocycles. The Balaban J connectivity index is 1.56. The summed E-state index contributed by atoms with van der Waals surface area (Å²) in [5.41, 5.74) is 1.43. The summed E-state index contributed by atoms with van der Waals surface area (Å²) in [5, 5.41) is 5.83. The summed E-state index contributed by atoms with van der Waals surface area (Å²) in [7, 11) is 0. The number of benzene rings is 1. The van der Waals surface area contributed by atoms with Crippen LogP contribution in [0.3, 0.4) is 0 Å². The summed E-state index contributed by atoms with van der Waals surface area (Å²) in [6.45, 7) is 4.13. The average Bonchev–Trinajstić information content (AvgIpc) is 2.70. The molecule has 2 N–H and O–H groups in total. The van der Waals surface area contributed by atoms with Gasteiger partial charge in [-0.25, -0.2) is 14.2 Å². The van der Waals surface area contributed by atoms with Crippen LogP contribution in [0.1, 0.15) is 43.4 Å². The molecule has 2 amide bonds. The van der Waals surface area contributed by atoms with Crippen molar-refractivity contribution >= 4 is 35.1 Å². The molecule has 150 valence electrons. The number of rotatable bonds is 5. The molecule has 5 nitrogen and oxygen atoms in total. The number of amides is 2. The monoisotopic (exact) mass is 424 g/mol. The summed E-state index contributed by atoms with van der Waals surface area (Å²) in [6, 6.07) is 5.62. The molecule has 2 heterocycles. The Hall–Kier alpha value is -2.05. The standard InChI is InChI=1S/C20H23Cl2FN4O/c1-13(15-10-18(23)17(22)11-16(15)21)26-20(28)25-12-14-5-6-24-19(9-14)27-7-3-2-4-8-27/h5-6,9-11,13H,2-4,7-8,12H2,1H3,(H2,25,26,28). The lowest BCUT2D eigenvalue weighted by Gasteiger charge is -2.28. The zero-order valence-electron chi connectivity index (χ0n) is 15.6. The highest BCUT2D eigenvalue weighted by molar-refractivity contribution is 6.35. The molecule has 1 fully saturated rings. The first-order chi connectivity index (χ1) is 13.4. The van der Waals surface area contributed by atoms with E-state index in [-0.39, 0.29) is 11.1 Å². The first kappa shape index (κ1) is 20.7. The quantitative estimate of drug-likeness (QED) is 0.657. The minimum Gasteiger partial charge on any atom is -0.357 e. The van der Waals surface area contributed by atoms with Gasteiger partial charge in [-0.15, -0.1) is 0 Å². The van der Waals surface area contributed by atoms with E-state index in [1.807, 2.05) is 12.1 Å². The number of carbonyl (C=O) groups is 1. The van der Waals surface area contributed by atoms with Crippen LogP contribution in [0, 0.1) is 5.82 Å². The molecule has 1 atom stereocenters. The van der Waals surface area contributed by atoms with Crippen LogP contribution >= 0.6 is 23.2 Å². The molecular weight excluding hydrogens is 402 g/mol. The number of carbonyl (C=O) groups excluding carboxylic acids is 1. The number of nitrogens with one attached hydrogen (secondary N) is 2. The van der Waals surface area contributed by atoms with Gasteiger partial charge < -0.3 is 15.5 Å². The second-order valence-corrected chi connectivity index (χ2v) is 7.72. The highest BCUT2D eigenvalue weighted by Gasteiger charge is 2.16. The third-order valence-electron chi connectivity index (χ3n) is 4.80. The molecule has 1 aliphatic heterocycles. The maximum Gasteiger partial charge on any atom is 0.315 e. The van der Waals surface area contributed by atoms with Crippen molar-refractivity contribution < 1.29 is 9.18 Å². The number of piperidine rings is 1. The number of aromatic nitrogens is 1. The van der Waals surface area contributed by atoms with Crippen LogP contribution in [0.25, 0.3) is 0 Å². The number of halogens is 3. The fourth-order valence-corrected chi connectivity index (χ4v) is 3.79. The number of anilines is 1. The van der Waals surface area contributed by atoms with Gasteiger partial charge in [-0.05, 0) is 61.6 Å². The Bertz CT molecular complexity index is 843. The van der Waals surface area contributed by atoms with E-state index in [0.717, 1.165) is 24.5 Å². The SMILES string of the molecule is CC(NC(=O)NCc1ccnc(N2CCCCC2)c1)c1cc(F)c(Cl)cc1Cl. The Kier molecular flexibility index (Phi) is 6.97. The van der Waals surface area contributed by atoms with Crippen molar-refractivity contribution in [2.75, 3.05) is 18.0 Å². The van der Waals surface area contributed by atoms with Crippen LogP contribution in [-0.2, 0) is 6.54 Å². The molecule has 0 bridgehead atoms. The number of pyridine rings is 1. The first-order valence-electron chi connectivity index (χ1n) is 9.32. The highest BCUT2D eigenvalue weighted by atomic mass is 35.5. The molecule has 3 rings (SSSR count). The third kappa shape index (κ3) is 5.26. The van der Waals surface area contributed by atoms with E-state index in [4.69, 9.17) is 23.2 Å². The molecule has 1 unspecified atom stereocenters. The van der Waals surface area contributed by atoms with Crippen LogP contribution in [-0.4, -0.2) is 24.1 Å². The first-order valence-corrected chi connectivity index (χ1v) is 10.1. The van der Waals surface area contributed by atoms with Crippen molar-refractivity contribution in [1.29, 1.82) is 0 Å². The van der Waals surface area contributed by atoms with E-state index >= 15 is 0 Å². The van der Waals surface area contributed by atoms with E-state index in [1.165, 1.54) is 31.4 Å². The van der Waals surface area contributed by atoms with Crippen molar-refractivity contribution in [3.8, 4) is 0 Å². The minimum absolute atomic E-state index is 0.0485. The average molecular weight is 425 g/mol. The number of nitrogens with zero attached hydrogens (tertiary/aromatic N) is 2. The normalized spacial score (nSPS) is 15.2. The predicted octanol–water partition coefficient (Wildman–Crippen LogP) is 5.08. The van der Waals surface area contributed by atoms with Crippen molar-refractivity contribution in [2.45, 2.75) is 38.8 Å². The maximum absolute atomic E-state index is 13.7. The fraction of sp³-hybridized carbons (Fsp3) is 0.400. The van der Waals surface area contributed by atoms with Gasteiger partial charge in [0.25, 0.3) is 0 Å². The second-order valence-electron chi connectivity index (χ2n) is 6.91. The Morgan fingerprint density at radius 1 is 1.21 bits per heavy atom. The van der Waals surface area contributed by atoms with Gasteiger partial charge in [0.05, 0.1) is 11.1 Å². The Labute approximate surface area is 174 Å². The van der Waals surface area contributed by atoms with Gasteiger partial charge in [-0.2, -0.15) is 0 Å². The van der Waals surface area contributed by atoms with Gasteiger partial charge in [0.2, 0.25) is 0 Å². The van der Waals surface area contributed by atoms with Crippen molar-refractivity contribution in [2.24, 2.45) is 0 Å². The summed E-state index contributed by atoms with van der Waals surface area (Å²) < 4.78 is 13.7. The number of urea groups is 1. The highest BCUT2D eigenvalue weighted by Crippen LogP contribution is 2.28. The molecular formula is C20H23Cl2FN4O. The summed E-state index contributed by atoms with van der Waals surface area (Å²) >= 11 is 11.8. The van der Waals surface area contributed by atoms with Gasteiger partial charge in [0, 0.05) is 30.9 Å². The maximum atomic E-state index is 13.7. The second kappa shape index (κ2) is 9.43. The Morgan fingerprint density at radius 2 is 1.96 bits per heavy atom. The molecule has 0 radical (unpaired) electrons. The Morgan fingerprint density at radius 3 is 2.71 bits per heavy atom.